The summed E-state index contributed by atoms with van der Waals surface area (Å²) in [5.74, 6) is 0.291. The maximum absolute atomic E-state index is 12.7. The Bertz CT molecular complexity index is 541. The number of hydrogen-bond acceptors (Lipinski definition) is 4. The highest BCUT2D eigenvalue weighted by Gasteiger charge is 2.30. The molecule has 1 saturated heterocycles. The van der Waals surface area contributed by atoms with Crippen LogP contribution < -0.4 is 5.32 Å². The number of nitrogens with zero attached hydrogens (tertiary/aromatic N) is 1. The average molecular weight is 312 g/mol. The van der Waals surface area contributed by atoms with E-state index in [2.05, 4.69) is 5.32 Å². The van der Waals surface area contributed by atoms with Gasteiger partial charge in [0.15, 0.2) is 0 Å². The number of benzene rings is 1. The maximum atomic E-state index is 12.7. The number of ether oxygens (including phenoxy) is 1. The molecule has 1 aromatic carbocycles. The van der Waals surface area contributed by atoms with Crippen molar-refractivity contribution >= 4 is 15.7 Å². The lowest BCUT2D eigenvalue weighted by atomic mass is 10.0. The number of hydrogen-bond donors (Lipinski definition) is 1. The molecule has 1 aliphatic rings. The highest BCUT2D eigenvalue weighted by molar-refractivity contribution is 7.89. The summed E-state index contributed by atoms with van der Waals surface area (Å²) < 4.78 is 32.1. The van der Waals surface area contributed by atoms with Crippen LogP contribution in [0.4, 0.5) is 5.69 Å². The summed E-state index contributed by atoms with van der Waals surface area (Å²) in [4.78, 5) is 0.363. The lowest BCUT2D eigenvalue weighted by Gasteiger charge is -2.31. The lowest BCUT2D eigenvalue weighted by molar-refractivity contribution is 0.118. The zero-order valence-corrected chi connectivity index (χ0v) is 13.5. The largest absolute Gasteiger partial charge is 0.385 e. The molecule has 0 radical (unpaired) electrons. The van der Waals surface area contributed by atoms with Crippen LogP contribution in [-0.2, 0) is 14.8 Å². The third kappa shape index (κ3) is 3.96. The molecule has 1 heterocycles. The van der Waals surface area contributed by atoms with Gasteiger partial charge < -0.3 is 10.1 Å². The van der Waals surface area contributed by atoms with Crippen molar-refractivity contribution in [1.29, 1.82) is 0 Å². The molecule has 0 saturated carbocycles. The molecule has 1 N–H and O–H groups in total. The van der Waals surface area contributed by atoms with E-state index in [1.807, 2.05) is 19.1 Å². The van der Waals surface area contributed by atoms with E-state index in [4.69, 9.17) is 4.74 Å². The minimum Gasteiger partial charge on any atom is -0.385 e. The molecule has 0 aromatic heterocycles. The fraction of sp³-hybridized carbons (Fsp3) is 0.600. The summed E-state index contributed by atoms with van der Waals surface area (Å²) >= 11 is 0. The molecule has 0 bridgehead atoms. The van der Waals surface area contributed by atoms with Crippen LogP contribution in [0.1, 0.15) is 19.8 Å². The van der Waals surface area contributed by atoms with Crippen molar-refractivity contribution in [2.75, 3.05) is 38.7 Å². The van der Waals surface area contributed by atoms with E-state index in [1.54, 1.807) is 23.5 Å². The highest BCUT2D eigenvalue weighted by atomic mass is 32.2. The predicted molar refractivity (Wildman–Crippen MR) is 84.0 cm³/mol. The van der Waals surface area contributed by atoms with Gasteiger partial charge in [-0.3, -0.25) is 0 Å². The number of sulfonamides is 1. The molecule has 6 heteroatoms. The van der Waals surface area contributed by atoms with Gasteiger partial charge in [-0.2, -0.15) is 4.31 Å². The van der Waals surface area contributed by atoms with E-state index in [-0.39, 0.29) is 0 Å². The van der Waals surface area contributed by atoms with Gasteiger partial charge in [0.1, 0.15) is 0 Å². The fourth-order valence-electron chi connectivity index (χ4n) is 2.71. The van der Waals surface area contributed by atoms with Gasteiger partial charge in [0, 0.05) is 32.4 Å². The molecule has 1 atom stereocenters. The van der Waals surface area contributed by atoms with Gasteiger partial charge in [-0.15, -0.1) is 0 Å². The number of methoxy groups -OCH3 is 1. The Morgan fingerprint density at radius 2 is 2.05 bits per heavy atom. The van der Waals surface area contributed by atoms with E-state index in [0.29, 0.717) is 30.5 Å². The van der Waals surface area contributed by atoms with Gasteiger partial charge in [-0.25, -0.2) is 8.42 Å². The molecule has 1 unspecified atom stereocenters. The fourth-order valence-corrected chi connectivity index (χ4v) is 4.27. The van der Waals surface area contributed by atoms with Gasteiger partial charge in [0.05, 0.1) is 11.5 Å². The zero-order chi connectivity index (χ0) is 15.3. The van der Waals surface area contributed by atoms with Crippen molar-refractivity contribution in [3.63, 3.8) is 0 Å². The van der Waals surface area contributed by atoms with Crippen molar-refractivity contribution in [3.05, 3.63) is 24.3 Å². The van der Waals surface area contributed by atoms with E-state index in [9.17, 15) is 8.42 Å². The first kappa shape index (κ1) is 16.3. The Morgan fingerprint density at radius 1 is 1.33 bits per heavy atom. The normalized spacial score (nSPS) is 20.4. The zero-order valence-electron chi connectivity index (χ0n) is 12.7. The lowest BCUT2D eigenvalue weighted by Crippen LogP contribution is -2.41. The second-order valence-electron chi connectivity index (χ2n) is 5.38. The summed E-state index contributed by atoms with van der Waals surface area (Å²) in [5, 5.41) is 3.16. The maximum Gasteiger partial charge on any atom is 0.243 e. The third-order valence-corrected chi connectivity index (χ3v) is 5.64. The van der Waals surface area contributed by atoms with Crippen LogP contribution in [0, 0.1) is 5.92 Å². The quantitative estimate of drug-likeness (QED) is 0.874. The van der Waals surface area contributed by atoms with E-state index < -0.39 is 10.0 Å². The molecule has 2 rings (SSSR count). The first-order valence-corrected chi connectivity index (χ1v) is 8.85. The van der Waals surface area contributed by atoms with Crippen molar-refractivity contribution in [1.82, 2.24) is 4.31 Å². The minimum atomic E-state index is -3.39. The summed E-state index contributed by atoms with van der Waals surface area (Å²) in [6, 6.07) is 6.97. The SMILES string of the molecule is CCNc1ccc(S(=O)(=O)N2CCCC(COC)C2)cc1. The van der Waals surface area contributed by atoms with E-state index >= 15 is 0 Å². The second kappa shape index (κ2) is 7.24. The summed E-state index contributed by atoms with van der Waals surface area (Å²) in [5.41, 5.74) is 0.937. The van der Waals surface area contributed by atoms with Crippen LogP contribution in [-0.4, -0.2) is 46.1 Å². The van der Waals surface area contributed by atoms with Crippen molar-refractivity contribution in [3.8, 4) is 0 Å². The second-order valence-corrected chi connectivity index (χ2v) is 7.32. The Hall–Kier alpha value is -1.11. The molecule has 5 nitrogen and oxygen atoms in total. The molecular weight excluding hydrogens is 288 g/mol. The summed E-state index contributed by atoms with van der Waals surface area (Å²) in [6.07, 6.45) is 1.92. The predicted octanol–water partition coefficient (Wildman–Crippen LogP) is 2.17. The van der Waals surface area contributed by atoms with Crippen molar-refractivity contribution in [2.24, 2.45) is 5.92 Å². The van der Waals surface area contributed by atoms with E-state index in [1.165, 1.54) is 0 Å². The molecule has 21 heavy (non-hydrogen) atoms. The van der Waals surface area contributed by atoms with Crippen molar-refractivity contribution < 1.29 is 13.2 Å². The van der Waals surface area contributed by atoms with Crippen LogP contribution in [0.5, 0.6) is 0 Å². The van der Waals surface area contributed by atoms with Crippen LogP contribution >= 0.6 is 0 Å². The number of nitrogens with one attached hydrogen (secondary N) is 1. The minimum absolute atomic E-state index is 0.291. The first-order chi connectivity index (χ1) is 10.1. The molecule has 118 valence electrons. The topological polar surface area (TPSA) is 58.6 Å². The van der Waals surface area contributed by atoms with Crippen LogP contribution in [0.2, 0.25) is 0 Å². The Labute approximate surface area is 127 Å². The standard InChI is InChI=1S/C15H24N2O3S/c1-3-16-14-6-8-15(9-7-14)21(18,19)17-10-4-5-13(11-17)12-20-2/h6-9,13,16H,3-5,10-12H2,1-2H3. The Balaban J connectivity index is 2.13. The van der Waals surface area contributed by atoms with Gasteiger partial charge in [-0.1, -0.05) is 0 Å². The van der Waals surface area contributed by atoms with Crippen LogP contribution in [0.3, 0.4) is 0 Å². The first-order valence-electron chi connectivity index (χ1n) is 7.41. The monoisotopic (exact) mass is 312 g/mol. The molecule has 0 aliphatic carbocycles. The molecule has 1 aliphatic heterocycles. The number of anilines is 1. The Morgan fingerprint density at radius 3 is 2.67 bits per heavy atom. The van der Waals surface area contributed by atoms with Gasteiger partial charge in [0.2, 0.25) is 10.0 Å². The molecule has 1 fully saturated rings. The smallest absolute Gasteiger partial charge is 0.243 e. The van der Waals surface area contributed by atoms with Crippen LogP contribution in [0.15, 0.2) is 29.2 Å². The average Bonchev–Trinajstić information content (AvgIpc) is 2.49. The number of piperidine rings is 1. The summed E-state index contributed by atoms with van der Waals surface area (Å²) in [6.45, 7) is 4.58. The van der Waals surface area contributed by atoms with Crippen molar-refractivity contribution in [2.45, 2.75) is 24.7 Å². The summed E-state index contributed by atoms with van der Waals surface area (Å²) in [7, 11) is -1.74. The number of rotatable bonds is 6. The Kier molecular flexibility index (Phi) is 5.61. The molecule has 0 amide bonds. The van der Waals surface area contributed by atoms with Gasteiger partial charge >= 0.3 is 0 Å². The third-order valence-electron chi connectivity index (χ3n) is 3.76. The van der Waals surface area contributed by atoms with Gasteiger partial charge in [-0.05, 0) is 49.9 Å². The van der Waals surface area contributed by atoms with Crippen LogP contribution in [0.25, 0.3) is 0 Å². The molecular formula is C15H24N2O3S. The van der Waals surface area contributed by atoms with E-state index in [0.717, 1.165) is 25.1 Å². The molecule has 0 spiro atoms. The molecule has 1 aromatic rings. The highest BCUT2D eigenvalue weighted by Crippen LogP contribution is 2.24. The van der Waals surface area contributed by atoms with Gasteiger partial charge in [0.25, 0.3) is 0 Å².